The first kappa shape index (κ1) is 25.9. The van der Waals surface area contributed by atoms with E-state index in [0.717, 1.165) is 25.4 Å². The lowest BCUT2D eigenvalue weighted by Crippen LogP contribution is -2.42. The largest absolute Gasteiger partial charge is 0.489 e. The fourth-order valence-electron chi connectivity index (χ4n) is 2.15. The lowest BCUT2D eigenvalue weighted by Gasteiger charge is -2.22. The first-order valence-corrected chi connectivity index (χ1v) is 9.13. The zero-order chi connectivity index (χ0) is 19.0. The molecule has 1 aromatic carbocycles. The van der Waals surface area contributed by atoms with Crippen LogP contribution >= 0.6 is 24.0 Å². The van der Waals surface area contributed by atoms with Crippen molar-refractivity contribution >= 4 is 29.9 Å². The van der Waals surface area contributed by atoms with E-state index in [1.807, 2.05) is 11.9 Å². The van der Waals surface area contributed by atoms with Crippen molar-refractivity contribution in [1.82, 2.24) is 10.2 Å². The molecule has 156 valence electrons. The monoisotopic (exact) mass is 497 g/mol. The van der Waals surface area contributed by atoms with Crippen molar-refractivity contribution in [3.63, 3.8) is 0 Å². The molecule has 0 heterocycles. The highest BCUT2D eigenvalue weighted by molar-refractivity contribution is 14.0. The highest BCUT2D eigenvalue weighted by Crippen LogP contribution is 2.14. The fraction of sp³-hybridized carbons (Fsp3) is 0.632. The van der Waals surface area contributed by atoms with Gasteiger partial charge in [-0.15, -0.1) is 24.0 Å². The number of hydrogen-bond donors (Lipinski definition) is 1. The number of guanidine groups is 1. The van der Waals surface area contributed by atoms with Crippen LogP contribution in [0.15, 0.2) is 29.3 Å². The second kappa shape index (κ2) is 17.0. The van der Waals surface area contributed by atoms with Gasteiger partial charge in [0.05, 0.1) is 26.4 Å². The summed E-state index contributed by atoms with van der Waals surface area (Å²) in [5, 5.41) is 3.22. The summed E-state index contributed by atoms with van der Waals surface area (Å²) in [5.41, 5.74) is 0. The van der Waals surface area contributed by atoms with Crippen LogP contribution in [-0.4, -0.2) is 71.1 Å². The predicted octanol–water partition coefficient (Wildman–Crippen LogP) is 3.16. The van der Waals surface area contributed by atoms with Gasteiger partial charge in [-0.2, -0.15) is 0 Å². The maximum absolute atomic E-state index is 13.5. The van der Waals surface area contributed by atoms with E-state index in [4.69, 9.17) is 14.2 Å². The molecule has 6 nitrogen and oxygen atoms in total. The zero-order valence-electron chi connectivity index (χ0n) is 16.6. The van der Waals surface area contributed by atoms with Crippen molar-refractivity contribution in [1.29, 1.82) is 0 Å². The molecule has 0 aromatic heterocycles. The van der Waals surface area contributed by atoms with E-state index in [1.165, 1.54) is 6.07 Å². The Morgan fingerprint density at radius 2 is 1.81 bits per heavy atom. The summed E-state index contributed by atoms with van der Waals surface area (Å²) >= 11 is 0. The van der Waals surface area contributed by atoms with Gasteiger partial charge in [-0.05, 0) is 18.6 Å². The highest BCUT2D eigenvalue weighted by Gasteiger charge is 2.07. The number of ether oxygens (including phenoxy) is 3. The first-order valence-electron chi connectivity index (χ1n) is 9.13. The third-order valence-electron chi connectivity index (χ3n) is 3.64. The number of rotatable bonds is 13. The standard InChI is InChI=1S/C19H32FN3O3.HI/c1-4-5-12-24-15-16-25-13-10-22-19(21-2)23(3)11-14-26-18-9-7-6-8-17(18)20;/h6-9H,4-5,10-16H2,1-3H3,(H,21,22);1H. The Morgan fingerprint density at radius 1 is 1.11 bits per heavy atom. The molecule has 8 heteroatoms. The molecule has 0 aliphatic rings. The van der Waals surface area contributed by atoms with Crippen LogP contribution in [-0.2, 0) is 9.47 Å². The van der Waals surface area contributed by atoms with E-state index in [9.17, 15) is 4.39 Å². The molecule has 1 aromatic rings. The van der Waals surface area contributed by atoms with Gasteiger partial charge < -0.3 is 24.4 Å². The van der Waals surface area contributed by atoms with Crippen LogP contribution in [0.25, 0.3) is 0 Å². The Bertz CT molecular complexity index is 521. The summed E-state index contributed by atoms with van der Waals surface area (Å²) in [6, 6.07) is 6.39. The van der Waals surface area contributed by atoms with Crippen LogP contribution in [0.5, 0.6) is 5.75 Å². The van der Waals surface area contributed by atoms with E-state index >= 15 is 0 Å². The second-order valence-corrected chi connectivity index (χ2v) is 5.75. The molecule has 0 aliphatic heterocycles. The van der Waals surface area contributed by atoms with Crippen LogP contribution < -0.4 is 10.1 Å². The SMILES string of the molecule is CCCCOCCOCCNC(=NC)N(C)CCOc1ccccc1F.I. The summed E-state index contributed by atoms with van der Waals surface area (Å²) in [6.45, 7) is 6.34. The van der Waals surface area contributed by atoms with Crippen LogP contribution in [0, 0.1) is 5.82 Å². The van der Waals surface area contributed by atoms with Crippen LogP contribution in [0.1, 0.15) is 19.8 Å². The van der Waals surface area contributed by atoms with Gasteiger partial charge in [0, 0.05) is 27.2 Å². The quantitative estimate of drug-likeness (QED) is 0.197. The molecule has 0 spiro atoms. The number of para-hydroxylation sites is 1. The molecule has 0 bridgehead atoms. The summed E-state index contributed by atoms with van der Waals surface area (Å²) in [6.07, 6.45) is 2.23. The third-order valence-corrected chi connectivity index (χ3v) is 3.64. The van der Waals surface area contributed by atoms with Crippen molar-refractivity contribution in [3.05, 3.63) is 30.1 Å². The lowest BCUT2D eigenvalue weighted by molar-refractivity contribution is 0.0486. The van der Waals surface area contributed by atoms with E-state index in [0.29, 0.717) is 39.5 Å². The normalized spacial score (nSPS) is 11.0. The first-order chi connectivity index (χ1) is 12.7. The van der Waals surface area contributed by atoms with E-state index < -0.39 is 0 Å². The molecular weight excluding hydrogens is 464 g/mol. The highest BCUT2D eigenvalue weighted by atomic mass is 127. The molecule has 1 rings (SSSR count). The van der Waals surface area contributed by atoms with Crippen molar-refractivity contribution in [2.24, 2.45) is 4.99 Å². The van der Waals surface area contributed by atoms with E-state index in [-0.39, 0.29) is 35.5 Å². The molecule has 0 amide bonds. The van der Waals surface area contributed by atoms with E-state index in [1.54, 1.807) is 25.2 Å². The van der Waals surface area contributed by atoms with Gasteiger partial charge in [0.1, 0.15) is 6.61 Å². The van der Waals surface area contributed by atoms with Crippen LogP contribution in [0.3, 0.4) is 0 Å². The summed E-state index contributed by atoms with van der Waals surface area (Å²) < 4.78 is 29.9. The molecule has 27 heavy (non-hydrogen) atoms. The summed E-state index contributed by atoms with van der Waals surface area (Å²) in [5.74, 6) is 0.650. The summed E-state index contributed by atoms with van der Waals surface area (Å²) in [7, 11) is 3.63. The number of benzene rings is 1. The number of hydrogen-bond acceptors (Lipinski definition) is 4. The third kappa shape index (κ3) is 12.0. The minimum atomic E-state index is -0.353. The number of halogens is 2. The number of nitrogens with zero attached hydrogens (tertiary/aromatic N) is 2. The predicted molar refractivity (Wildman–Crippen MR) is 118 cm³/mol. The van der Waals surface area contributed by atoms with Gasteiger partial charge in [0.2, 0.25) is 0 Å². The Balaban J connectivity index is 0.00000676. The molecule has 0 saturated carbocycles. The van der Waals surface area contributed by atoms with Crippen LogP contribution in [0.4, 0.5) is 4.39 Å². The number of likely N-dealkylation sites (N-methyl/N-ethyl adjacent to an activating group) is 1. The zero-order valence-corrected chi connectivity index (χ0v) is 18.9. The van der Waals surface area contributed by atoms with Crippen molar-refractivity contribution in [3.8, 4) is 5.75 Å². The molecule has 1 N–H and O–H groups in total. The van der Waals surface area contributed by atoms with Crippen molar-refractivity contribution in [2.45, 2.75) is 19.8 Å². The Morgan fingerprint density at radius 3 is 2.48 bits per heavy atom. The van der Waals surface area contributed by atoms with Gasteiger partial charge in [0.15, 0.2) is 17.5 Å². The van der Waals surface area contributed by atoms with Gasteiger partial charge >= 0.3 is 0 Å². The lowest BCUT2D eigenvalue weighted by atomic mass is 10.3. The minimum absolute atomic E-state index is 0. The maximum Gasteiger partial charge on any atom is 0.193 e. The number of unbranched alkanes of at least 4 members (excludes halogenated alkanes) is 1. The van der Waals surface area contributed by atoms with Gasteiger partial charge in [-0.3, -0.25) is 4.99 Å². The average Bonchev–Trinajstić information content (AvgIpc) is 2.65. The topological polar surface area (TPSA) is 55.3 Å². The minimum Gasteiger partial charge on any atom is -0.489 e. The van der Waals surface area contributed by atoms with E-state index in [2.05, 4.69) is 17.2 Å². The van der Waals surface area contributed by atoms with Gasteiger partial charge in [-0.25, -0.2) is 4.39 Å². The number of aliphatic imine (C=N–C) groups is 1. The molecule has 0 fully saturated rings. The average molecular weight is 497 g/mol. The Hall–Kier alpha value is -1.13. The molecule has 0 radical (unpaired) electrons. The molecule has 0 atom stereocenters. The number of nitrogens with one attached hydrogen (secondary N) is 1. The molecular formula is C19H33FIN3O3. The fourth-order valence-corrected chi connectivity index (χ4v) is 2.15. The van der Waals surface area contributed by atoms with Crippen molar-refractivity contribution < 1.29 is 18.6 Å². The smallest absolute Gasteiger partial charge is 0.193 e. The molecule has 0 saturated heterocycles. The van der Waals surface area contributed by atoms with Crippen molar-refractivity contribution in [2.75, 3.05) is 60.2 Å². The second-order valence-electron chi connectivity index (χ2n) is 5.75. The summed E-state index contributed by atoms with van der Waals surface area (Å²) in [4.78, 5) is 6.15. The van der Waals surface area contributed by atoms with Crippen LogP contribution in [0.2, 0.25) is 0 Å². The maximum atomic E-state index is 13.5. The Kier molecular flexibility index (Phi) is 16.3. The van der Waals surface area contributed by atoms with Gasteiger partial charge in [-0.1, -0.05) is 25.5 Å². The molecule has 0 aliphatic carbocycles. The molecule has 0 unspecified atom stereocenters. The van der Waals surface area contributed by atoms with Gasteiger partial charge in [0.25, 0.3) is 0 Å². The Labute approximate surface area is 179 Å².